The highest BCUT2D eigenvalue weighted by atomic mass is 16.5. The van der Waals surface area contributed by atoms with E-state index in [4.69, 9.17) is 4.74 Å². The minimum atomic E-state index is -0.226. The molecule has 1 atom stereocenters. The summed E-state index contributed by atoms with van der Waals surface area (Å²) in [6.07, 6.45) is 2.90. The Hall–Kier alpha value is -2.47. The lowest BCUT2D eigenvalue weighted by Crippen LogP contribution is -2.35. The Morgan fingerprint density at radius 2 is 1.93 bits per heavy atom. The van der Waals surface area contributed by atoms with Gasteiger partial charge in [0.15, 0.2) is 0 Å². The van der Waals surface area contributed by atoms with Gasteiger partial charge in [-0.05, 0) is 36.3 Å². The van der Waals surface area contributed by atoms with Crippen LogP contribution in [0.2, 0.25) is 0 Å². The van der Waals surface area contributed by atoms with Gasteiger partial charge in [0.05, 0.1) is 13.2 Å². The molecule has 0 N–H and O–H groups in total. The molecule has 1 amide bonds. The van der Waals surface area contributed by atoms with Crippen LogP contribution in [0.3, 0.4) is 0 Å². The Morgan fingerprint density at radius 1 is 1.15 bits per heavy atom. The molecule has 0 bridgehead atoms. The Balaban J connectivity index is 1.74. The minimum absolute atomic E-state index is 0.0704. The molecule has 1 unspecified atom stereocenters. The molecule has 144 valence electrons. The molecule has 1 aromatic carbocycles. The Morgan fingerprint density at radius 3 is 2.67 bits per heavy atom. The molecule has 6 nitrogen and oxygen atoms in total. The number of ether oxygens (including phenoxy) is 1. The first-order valence-corrected chi connectivity index (χ1v) is 9.45. The van der Waals surface area contributed by atoms with Gasteiger partial charge >= 0.3 is 0 Å². The summed E-state index contributed by atoms with van der Waals surface area (Å²) in [6.45, 7) is 4.38. The quantitative estimate of drug-likeness (QED) is 0.812. The molecule has 0 radical (unpaired) electrons. The van der Waals surface area contributed by atoms with Crippen LogP contribution in [0.1, 0.15) is 42.2 Å². The van der Waals surface area contributed by atoms with Gasteiger partial charge < -0.3 is 9.64 Å². The molecule has 2 heterocycles. The van der Waals surface area contributed by atoms with Gasteiger partial charge in [0.2, 0.25) is 0 Å². The fourth-order valence-corrected chi connectivity index (χ4v) is 3.67. The van der Waals surface area contributed by atoms with Gasteiger partial charge in [-0.2, -0.15) is 5.10 Å². The van der Waals surface area contributed by atoms with E-state index < -0.39 is 0 Å². The monoisotopic (exact) mass is 369 g/mol. The van der Waals surface area contributed by atoms with Crippen LogP contribution in [0, 0.1) is 0 Å². The van der Waals surface area contributed by atoms with Crippen molar-refractivity contribution in [1.29, 1.82) is 0 Å². The number of nitrogens with zero attached hydrogens (tertiary/aromatic N) is 3. The van der Waals surface area contributed by atoms with Gasteiger partial charge in [-0.3, -0.25) is 9.59 Å². The molecule has 0 aliphatic carbocycles. The summed E-state index contributed by atoms with van der Waals surface area (Å²) in [5.41, 5.74) is 1.48. The topological polar surface area (TPSA) is 64.4 Å². The van der Waals surface area contributed by atoms with Gasteiger partial charge in [0, 0.05) is 26.3 Å². The molecule has 2 aromatic rings. The molecule has 1 aliphatic rings. The van der Waals surface area contributed by atoms with Crippen LogP contribution in [0.4, 0.5) is 0 Å². The van der Waals surface area contributed by atoms with E-state index in [1.54, 1.807) is 7.11 Å². The first kappa shape index (κ1) is 19.3. The standard InChI is InChI=1S/C21H27N3O3/c1-21(17-7-4-3-5-8-17)11-6-13-23(14-12-21)20(26)18-9-10-19(25)24(22-18)15-16-27-2/h3-5,7-10H,6,11-16H2,1-2H3. The molecule has 0 spiro atoms. The summed E-state index contributed by atoms with van der Waals surface area (Å²) in [5, 5.41) is 4.24. The average Bonchev–Trinajstić information content (AvgIpc) is 2.90. The molecule has 1 aliphatic heterocycles. The zero-order chi connectivity index (χ0) is 19.3. The maximum Gasteiger partial charge on any atom is 0.274 e. The average molecular weight is 369 g/mol. The summed E-state index contributed by atoms with van der Waals surface area (Å²) in [5.74, 6) is -0.113. The van der Waals surface area contributed by atoms with Crippen molar-refractivity contribution in [2.75, 3.05) is 26.8 Å². The van der Waals surface area contributed by atoms with E-state index in [0.717, 1.165) is 19.3 Å². The fraction of sp³-hybridized carbons (Fsp3) is 0.476. The Bertz CT molecular complexity index is 834. The number of amides is 1. The van der Waals surface area contributed by atoms with Crippen LogP contribution >= 0.6 is 0 Å². The number of likely N-dealkylation sites (tertiary alicyclic amines) is 1. The molecule has 0 saturated carbocycles. The van der Waals surface area contributed by atoms with Gasteiger partial charge in [-0.25, -0.2) is 4.68 Å². The summed E-state index contributed by atoms with van der Waals surface area (Å²) in [4.78, 5) is 26.7. The molecular formula is C21H27N3O3. The van der Waals surface area contributed by atoms with Gasteiger partial charge in [0.25, 0.3) is 11.5 Å². The van der Waals surface area contributed by atoms with Crippen molar-refractivity contribution in [2.45, 2.75) is 38.1 Å². The largest absolute Gasteiger partial charge is 0.383 e. The van der Waals surface area contributed by atoms with Crippen molar-refractivity contribution in [3.05, 3.63) is 64.1 Å². The fourth-order valence-electron chi connectivity index (χ4n) is 3.67. The highest BCUT2D eigenvalue weighted by molar-refractivity contribution is 5.92. The molecule has 1 saturated heterocycles. The lowest BCUT2D eigenvalue weighted by Gasteiger charge is -2.29. The SMILES string of the molecule is COCCn1nc(C(=O)N2CCCC(C)(c3ccccc3)CC2)ccc1=O. The minimum Gasteiger partial charge on any atom is -0.383 e. The number of benzene rings is 1. The second kappa shape index (κ2) is 8.48. The predicted octanol–water partition coefficient (Wildman–Crippen LogP) is 2.47. The summed E-state index contributed by atoms with van der Waals surface area (Å²) in [7, 11) is 1.57. The number of carbonyl (C=O) groups is 1. The molecule has 6 heteroatoms. The highest BCUT2D eigenvalue weighted by Gasteiger charge is 2.31. The van der Waals surface area contributed by atoms with Crippen molar-refractivity contribution in [3.63, 3.8) is 0 Å². The zero-order valence-electron chi connectivity index (χ0n) is 16.1. The van der Waals surface area contributed by atoms with Crippen LogP contribution in [-0.4, -0.2) is 47.4 Å². The summed E-state index contributed by atoms with van der Waals surface area (Å²) < 4.78 is 6.30. The first-order chi connectivity index (χ1) is 13.0. The normalized spacial score (nSPS) is 20.3. The molecule has 3 rings (SSSR count). The Labute approximate surface area is 159 Å². The van der Waals surface area contributed by atoms with Crippen molar-refractivity contribution >= 4 is 5.91 Å². The Kier molecular flexibility index (Phi) is 6.06. The molecule has 27 heavy (non-hydrogen) atoms. The van der Waals surface area contributed by atoms with E-state index in [2.05, 4.69) is 36.3 Å². The van der Waals surface area contributed by atoms with Gasteiger partial charge in [-0.15, -0.1) is 0 Å². The third-order valence-corrected chi connectivity index (χ3v) is 5.44. The lowest BCUT2D eigenvalue weighted by atomic mass is 9.76. The van der Waals surface area contributed by atoms with E-state index in [0.29, 0.717) is 31.9 Å². The van der Waals surface area contributed by atoms with E-state index in [9.17, 15) is 9.59 Å². The number of carbonyl (C=O) groups excluding carboxylic acids is 1. The maximum absolute atomic E-state index is 13.0. The number of rotatable bonds is 5. The van der Waals surface area contributed by atoms with Crippen LogP contribution < -0.4 is 5.56 Å². The van der Waals surface area contributed by atoms with Crippen molar-refractivity contribution < 1.29 is 9.53 Å². The smallest absolute Gasteiger partial charge is 0.274 e. The second-order valence-corrected chi connectivity index (χ2v) is 7.35. The van der Waals surface area contributed by atoms with Crippen LogP contribution in [0.15, 0.2) is 47.3 Å². The predicted molar refractivity (Wildman–Crippen MR) is 104 cm³/mol. The third-order valence-electron chi connectivity index (χ3n) is 5.44. The van der Waals surface area contributed by atoms with Gasteiger partial charge in [0.1, 0.15) is 5.69 Å². The van der Waals surface area contributed by atoms with E-state index in [1.165, 1.54) is 22.4 Å². The number of aromatic nitrogens is 2. The van der Waals surface area contributed by atoms with Crippen LogP contribution in [0.25, 0.3) is 0 Å². The molecular weight excluding hydrogens is 342 g/mol. The third kappa shape index (κ3) is 4.45. The van der Waals surface area contributed by atoms with E-state index in [-0.39, 0.29) is 16.9 Å². The molecule has 1 aromatic heterocycles. The number of hydrogen-bond acceptors (Lipinski definition) is 4. The maximum atomic E-state index is 13.0. The number of hydrogen-bond donors (Lipinski definition) is 0. The van der Waals surface area contributed by atoms with E-state index >= 15 is 0 Å². The summed E-state index contributed by atoms with van der Waals surface area (Å²) in [6, 6.07) is 13.4. The van der Waals surface area contributed by atoms with Gasteiger partial charge in [-0.1, -0.05) is 37.3 Å². The molecule has 1 fully saturated rings. The first-order valence-electron chi connectivity index (χ1n) is 9.45. The second-order valence-electron chi connectivity index (χ2n) is 7.35. The van der Waals surface area contributed by atoms with Crippen molar-refractivity contribution in [3.8, 4) is 0 Å². The lowest BCUT2D eigenvalue weighted by molar-refractivity contribution is 0.0749. The van der Waals surface area contributed by atoms with Crippen LogP contribution in [-0.2, 0) is 16.7 Å². The van der Waals surface area contributed by atoms with Crippen molar-refractivity contribution in [1.82, 2.24) is 14.7 Å². The summed E-state index contributed by atoms with van der Waals surface area (Å²) >= 11 is 0. The number of methoxy groups -OCH3 is 1. The van der Waals surface area contributed by atoms with Crippen molar-refractivity contribution in [2.24, 2.45) is 0 Å². The van der Waals surface area contributed by atoms with E-state index in [1.807, 2.05) is 11.0 Å². The zero-order valence-corrected chi connectivity index (χ0v) is 16.1. The highest BCUT2D eigenvalue weighted by Crippen LogP contribution is 2.35. The van der Waals surface area contributed by atoms with Crippen LogP contribution in [0.5, 0.6) is 0 Å².